The van der Waals surface area contributed by atoms with E-state index in [9.17, 15) is 0 Å². The highest BCUT2D eigenvalue weighted by atomic mass is 127. The van der Waals surface area contributed by atoms with E-state index in [1.54, 1.807) is 0 Å². The first-order valence-corrected chi connectivity index (χ1v) is 9.64. The first-order chi connectivity index (χ1) is 13.2. The Balaban J connectivity index is 0.00000280. The van der Waals surface area contributed by atoms with Gasteiger partial charge in [-0.2, -0.15) is 0 Å². The molecule has 6 heteroatoms. The molecular formula is C22H30IN3O2. The van der Waals surface area contributed by atoms with Gasteiger partial charge in [-0.05, 0) is 31.0 Å². The minimum atomic E-state index is 0. The topological polar surface area (TPSA) is 54.9 Å². The molecular weight excluding hydrogens is 465 g/mol. The molecule has 152 valence electrons. The van der Waals surface area contributed by atoms with Crippen LogP contribution in [-0.2, 0) is 17.8 Å². The second kappa shape index (κ2) is 11.9. The summed E-state index contributed by atoms with van der Waals surface area (Å²) in [5.41, 5.74) is 3.51. The summed E-state index contributed by atoms with van der Waals surface area (Å²) in [4.78, 5) is 4.68. The van der Waals surface area contributed by atoms with E-state index in [2.05, 4.69) is 59.8 Å². The van der Waals surface area contributed by atoms with Gasteiger partial charge >= 0.3 is 0 Å². The molecule has 1 atom stereocenters. The van der Waals surface area contributed by atoms with Gasteiger partial charge in [0, 0.05) is 25.1 Å². The van der Waals surface area contributed by atoms with Crippen LogP contribution in [0, 0.1) is 6.92 Å². The van der Waals surface area contributed by atoms with Crippen molar-refractivity contribution in [1.82, 2.24) is 10.6 Å². The Bertz CT molecular complexity index is 747. The third-order valence-corrected chi connectivity index (χ3v) is 4.46. The third kappa shape index (κ3) is 6.98. The molecule has 2 aromatic rings. The standard InChI is InChI=1S/C22H29N3O2.HI/c1-3-23-22(24-14-18-7-5-4-6-8-18)25-15-19-10-9-17(2)13-21(19)27-20-11-12-26-16-20;/h4-10,13,20H,3,11-12,14-16H2,1-2H3,(H2,23,24,25);1H. The minimum absolute atomic E-state index is 0. The molecule has 2 aromatic carbocycles. The van der Waals surface area contributed by atoms with E-state index in [1.807, 2.05) is 18.2 Å². The molecule has 3 rings (SSSR count). The molecule has 1 fully saturated rings. The van der Waals surface area contributed by atoms with Gasteiger partial charge in [-0.3, -0.25) is 0 Å². The van der Waals surface area contributed by atoms with E-state index in [1.165, 1.54) is 11.1 Å². The van der Waals surface area contributed by atoms with Crippen LogP contribution >= 0.6 is 24.0 Å². The predicted octanol–water partition coefficient (Wildman–Crippen LogP) is 4.04. The number of nitrogens with one attached hydrogen (secondary N) is 2. The van der Waals surface area contributed by atoms with Crippen LogP contribution in [0.2, 0.25) is 0 Å². The van der Waals surface area contributed by atoms with Crippen LogP contribution in [0.15, 0.2) is 53.5 Å². The average Bonchev–Trinajstić information content (AvgIpc) is 3.19. The number of aliphatic imine (C=N–C) groups is 1. The first-order valence-electron chi connectivity index (χ1n) is 9.64. The SMILES string of the molecule is CCNC(=NCc1ccccc1)NCc1ccc(C)cc1OC1CCOC1.I. The summed E-state index contributed by atoms with van der Waals surface area (Å²) in [5, 5.41) is 6.72. The zero-order chi connectivity index (χ0) is 18.9. The first kappa shape index (κ1) is 22.5. The molecule has 0 aliphatic carbocycles. The van der Waals surface area contributed by atoms with Crippen molar-refractivity contribution in [2.75, 3.05) is 19.8 Å². The fraction of sp³-hybridized carbons (Fsp3) is 0.409. The van der Waals surface area contributed by atoms with Crippen LogP contribution in [0.1, 0.15) is 30.0 Å². The van der Waals surface area contributed by atoms with Gasteiger partial charge in [0.25, 0.3) is 0 Å². The van der Waals surface area contributed by atoms with Gasteiger partial charge in [0.2, 0.25) is 0 Å². The van der Waals surface area contributed by atoms with E-state index in [0.717, 1.165) is 36.8 Å². The number of ether oxygens (including phenoxy) is 2. The van der Waals surface area contributed by atoms with Gasteiger partial charge < -0.3 is 20.1 Å². The van der Waals surface area contributed by atoms with Gasteiger partial charge in [-0.1, -0.05) is 42.5 Å². The van der Waals surface area contributed by atoms with Gasteiger partial charge in [0.1, 0.15) is 11.9 Å². The second-order valence-electron chi connectivity index (χ2n) is 6.75. The Morgan fingerprint density at radius 3 is 2.71 bits per heavy atom. The van der Waals surface area contributed by atoms with E-state index >= 15 is 0 Å². The Morgan fingerprint density at radius 2 is 2.00 bits per heavy atom. The Morgan fingerprint density at radius 1 is 1.18 bits per heavy atom. The van der Waals surface area contributed by atoms with E-state index in [4.69, 9.17) is 9.47 Å². The quantitative estimate of drug-likeness (QED) is 0.346. The van der Waals surface area contributed by atoms with Crippen molar-refractivity contribution in [3.05, 3.63) is 65.2 Å². The number of hydrogen-bond acceptors (Lipinski definition) is 3. The zero-order valence-electron chi connectivity index (χ0n) is 16.6. The van der Waals surface area contributed by atoms with Crippen LogP contribution in [-0.4, -0.2) is 31.8 Å². The Hall–Kier alpha value is -1.80. The second-order valence-corrected chi connectivity index (χ2v) is 6.75. The number of hydrogen-bond donors (Lipinski definition) is 2. The maximum atomic E-state index is 6.18. The highest BCUT2D eigenvalue weighted by molar-refractivity contribution is 14.0. The number of guanidine groups is 1. The van der Waals surface area contributed by atoms with Crippen molar-refractivity contribution in [3.8, 4) is 5.75 Å². The average molecular weight is 495 g/mol. The summed E-state index contributed by atoms with van der Waals surface area (Å²) in [6.07, 6.45) is 1.09. The van der Waals surface area contributed by atoms with Gasteiger partial charge in [-0.25, -0.2) is 4.99 Å². The number of aryl methyl sites for hydroxylation is 1. The molecule has 1 aliphatic heterocycles. The summed E-state index contributed by atoms with van der Waals surface area (Å²) in [5.74, 6) is 1.73. The lowest BCUT2D eigenvalue weighted by atomic mass is 10.1. The molecule has 5 nitrogen and oxygen atoms in total. The van der Waals surface area contributed by atoms with Crippen molar-refractivity contribution in [1.29, 1.82) is 0 Å². The molecule has 0 saturated carbocycles. The molecule has 0 amide bonds. The van der Waals surface area contributed by atoms with Crippen molar-refractivity contribution in [2.45, 2.75) is 39.5 Å². The van der Waals surface area contributed by atoms with Gasteiger partial charge in [0.05, 0.1) is 19.8 Å². The molecule has 2 N–H and O–H groups in total. The van der Waals surface area contributed by atoms with Crippen molar-refractivity contribution < 1.29 is 9.47 Å². The van der Waals surface area contributed by atoms with Crippen molar-refractivity contribution in [3.63, 3.8) is 0 Å². The van der Waals surface area contributed by atoms with Crippen LogP contribution in [0.5, 0.6) is 5.75 Å². The van der Waals surface area contributed by atoms with Gasteiger partial charge in [-0.15, -0.1) is 24.0 Å². The van der Waals surface area contributed by atoms with Crippen LogP contribution in [0.3, 0.4) is 0 Å². The smallest absolute Gasteiger partial charge is 0.191 e. The summed E-state index contributed by atoms with van der Waals surface area (Å²) in [6.45, 7) is 7.72. The minimum Gasteiger partial charge on any atom is -0.488 e. The molecule has 1 aliphatic rings. The fourth-order valence-electron chi connectivity index (χ4n) is 2.98. The summed E-state index contributed by atoms with van der Waals surface area (Å²) < 4.78 is 11.6. The predicted molar refractivity (Wildman–Crippen MR) is 125 cm³/mol. The summed E-state index contributed by atoms with van der Waals surface area (Å²) in [6, 6.07) is 16.6. The number of halogens is 1. The van der Waals surface area contributed by atoms with Crippen LogP contribution in [0.25, 0.3) is 0 Å². The van der Waals surface area contributed by atoms with E-state index in [0.29, 0.717) is 19.7 Å². The van der Waals surface area contributed by atoms with E-state index < -0.39 is 0 Å². The largest absolute Gasteiger partial charge is 0.488 e. The highest BCUT2D eigenvalue weighted by Crippen LogP contribution is 2.23. The maximum absolute atomic E-state index is 6.18. The molecule has 0 radical (unpaired) electrons. The summed E-state index contributed by atoms with van der Waals surface area (Å²) in [7, 11) is 0. The van der Waals surface area contributed by atoms with Crippen molar-refractivity contribution >= 4 is 29.9 Å². The van der Waals surface area contributed by atoms with Gasteiger partial charge in [0.15, 0.2) is 5.96 Å². The normalized spacial score (nSPS) is 16.4. The lowest BCUT2D eigenvalue weighted by molar-refractivity contribution is 0.140. The lowest BCUT2D eigenvalue weighted by Gasteiger charge is -2.18. The van der Waals surface area contributed by atoms with Crippen LogP contribution in [0.4, 0.5) is 0 Å². The molecule has 0 spiro atoms. The van der Waals surface area contributed by atoms with Crippen LogP contribution < -0.4 is 15.4 Å². The maximum Gasteiger partial charge on any atom is 0.191 e. The molecule has 0 aromatic heterocycles. The van der Waals surface area contributed by atoms with Crippen molar-refractivity contribution in [2.24, 2.45) is 4.99 Å². The number of benzene rings is 2. The highest BCUT2D eigenvalue weighted by Gasteiger charge is 2.18. The molecule has 1 saturated heterocycles. The number of rotatable bonds is 7. The monoisotopic (exact) mass is 495 g/mol. The molecule has 1 unspecified atom stereocenters. The number of nitrogens with zero attached hydrogens (tertiary/aromatic N) is 1. The molecule has 28 heavy (non-hydrogen) atoms. The third-order valence-electron chi connectivity index (χ3n) is 4.46. The summed E-state index contributed by atoms with van der Waals surface area (Å²) >= 11 is 0. The molecule has 1 heterocycles. The lowest BCUT2D eigenvalue weighted by Crippen LogP contribution is -2.37. The Kier molecular flexibility index (Phi) is 9.57. The zero-order valence-corrected chi connectivity index (χ0v) is 18.9. The fourth-order valence-corrected chi connectivity index (χ4v) is 2.98. The molecule has 0 bridgehead atoms. The van der Waals surface area contributed by atoms with E-state index in [-0.39, 0.29) is 30.1 Å². The Labute approximate surface area is 184 Å².